The van der Waals surface area contributed by atoms with Gasteiger partial charge in [0.25, 0.3) is 0 Å². The number of hydrogen-bond acceptors (Lipinski definition) is 4. The monoisotopic (exact) mass is 442 g/mol. The maximum absolute atomic E-state index is 13.3. The number of hydrogen-bond donors (Lipinski definition) is 1. The van der Waals surface area contributed by atoms with Crippen LogP contribution in [-0.2, 0) is 21.3 Å². The van der Waals surface area contributed by atoms with E-state index in [0.717, 1.165) is 56.5 Å². The average Bonchev–Trinajstić information content (AvgIpc) is 3.25. The van der Waals surface area contributed by atoms with Crippen molar-refractivity contribution in [2.75, 3.05) is 26.2 Å². The molecule has 2 aromatic rings. The SMILES string of the molecule is CCCCNCc1ccc(-c2cccc(S(=O)(=O)N3CCC4(CCCO4)CC3)c2)cc1. The van der Waals surface area contributed by atoms with Crippen LogP contribution < -0.4 is 5.32 Å². The Labute approximate surface area is 186 Å². The van der Waals surface area contributed by atoms with Crippen LogP contribution in [0.25, 0.3) is 11.1 Å². The molecule has 2 saturated heterocycles. The molecule has 1 N–H and O–H groups in total. The molecule has 0 atom stereocenters. The van der Waals surface area contributed by atoms with Crippen LogP contribution in [0, 0.1) is 0 Å². The Kier molecular flexibility index (Phi) is 7.12. The highest BCUT2D eigenvalue weighted by Crippen LogP contribution is 2.37. The van der Waals surface area contributed by atoms with E-state index in [4.69, 9.17) is 4.74 Å². The van der Waals surface area contributed by atoms with Crippen molar-refractivity contribution in [2.24, 2.45) is 0 Å². The molecule has 5 nitrogen and oxygen atoms in total. The van der Waals surface area contributed by atoms with Crippen molar-refractivity contribution < 1.29 is 13.2 Å². The minimum absolute atomic E-state index is 0.0823. The van der Waals surface area contributed by atoms with Crippen LogP contribution in [0.3, 0.4) is 0 Å². The Morgan fingerprint density at radius 1 is 1.03 bits per heavy atom. The molecule has 2 heterocycles. The Hall–Kier alpha value is -1.73. The number of nitrogens with zero attached hydrogens (tertiary/aromatic N) is 1. The molecule has 0 aromatic heterocycles. The first-order chi connectivity index (χ1) is 15.0. The van der Waals surface area contributed by atoms with Crippen LogP contribution in [0.4, 0.5) is 0 Å². The van der Waals surface area contributed by atoms with E-state index in [2.05, 4.69) is 36.5 Å². The molecule has 4 rings (SSSR count). The topological polar surface area (TPSA) is 58.6 Å². The van der Waals surface area contributed by atoms with E-state index in [1.165, 1.54) is 18.4 Å². The van der Waals surface area contributed by atoms with Crippen molar-refractivity contribution in [3.05, 3.63) is 54.1 Å². The van der Waals surface area contributed by atoms with Gasteiger partial charge in [0.1, 0.15) is 0 Å². The molecule has 0 unspecified atom stereocenters. The van der Waals surface area contributed by atoms with Crippen molar-refractivity contribution in [3.63, 3.8) is 0 Å². The number of benzene rings is 2. The van der Waals surface area contributed by atoms with Crippen LogP contribution in [0.5, 0.6) is 0 Å². The summed E-state index contributed by atoms with van der Waals surface area (Å²) in [5.74, 6) is 0. The highest BCUT2D eigenvalue weighted by molar-refractivity contribution is 7.89. The standard InChI is InChI=1S/C25H34N2O3S/c1-2-3-15-26-20-21-8-10-22(11-9-21)23-6-4-7-24(19-23)31(28,29)27-16-13-25(14-17-27)12-5-18-30-25/h4,6-11,19,26H,2-3,5,12-18,20H2,1H3. The van der Waals surface area contributed by atoms with Gasteiger partial charge < -0.3 is 10.1 Å². The summed E-state index contributed by atoms with van der Waals surface area (Å²) in [5, 5.41) is 3.45. The van der Waals surface area contributed by atoms with E-state index in [1.807, 2.05) is 12.1 Å². The van der Waals surface area contributed by atoms with Crippen molar-refractivity contribution in [2.45, 2.75) is 62.5 Å². The zero-order valence-electron chi connectivity index (χ0n) is 18.5. The van der Waals surface area contributed by atoms with Gasteiger partial charge in [-0.25, -0.2) is 8.42 Å². The number of sulfonamides is 1. The molecule has 6 heteroatoms. The highest BCUT2D eigenvalue weighted by Gasteiger charge is 2.41. The molecule has 168 valence electrons. The Balaban J connectivity index is 1.44. The molecule has 2 aliphatic heterocycles. The van der Waals surface area contributed by atoms with E-state index in [-0.39, 0.29) is 5.60 Å². The van der Waals surface area contributed by atoms with Gasteiger partial charge in [-0.2, -0.15) is 4.31 Å². The number of piperidine rings is 1. The summed E-state index contributed by atoms with van der Waals surface area (Å²) < 4.78 is 34.1. The smallest absolute Gasteiger partial charge is 0.243 e. The van der Waals surface area contributed by atoms with Gasteiger partial charge in [-0.15, -0.1) is 0 Å². The van der Waals surface area contributed by atoms with Gasteiger partial charge in [-0.1, -0.05) is 49.7 Å². The van der Waals surface area contributed by atoms with E-state index >= 15 is 0 Å². The second kappa shape index (κ2) is 9.82. The van der Waals surface area contributed by atoms with Gasteiger partial charge in [0.15, 0.2) is 0 Å². The lowest BCUT2D eigenvalue weighted by Crippen LogP contribution is -2.46. The van der Waals surface area contributed by atoms with Gasteiger partial charge in [0.2, 0.25) is 10.0 Å². The molecular weight excluding hydrogens is 408 g/mol. The van der Waals surface area contributed by atoms with Gasteiger partial charge in [-0.3, -0.25) is 0 Å². The number of rotatable bonds is 8. The molecule has 1 spiro atoms. The van der Waals surface area contributed by atoms with E-state index < -0.39 is 10.0 Å². The second-order valence-electron chi connectivity index (χ2n) is 8.79. The zero-order chi connectivity index (χ0) is 21.7. The number of nitrogens with one attached hydrogen (secondary N) is 1. The lowest BCUT2D eigenvalue weighted by molar-refractivity contribution is -0.0309. The quantitative estimate of drug-likeness (QED) is 0.608. The summed E-state index contributed by atoms with van der Waals surface area (Å²) in [7, 11) is -3.50. The molecule has 2 aromatic carbocycles. The van der Waals surface area contributed by atoms with E-state index in [1.54, 1.807) is 16.4 Å². The third kappa shape index (κ3) is 5.20. The fraction of sp³-hybridized carbons (Fsp3) is 0.520. The maximum atomic E-state index is 13.3. The van der Waals surface area contributed by atoms with Gasteiger partial charge in [0, 0.05) is 26.2 Å². The first-order valence-corrected chi connectivity index (χ1v) is 13.0. The summed E-state index contributed by atoms with van der Waals surface area (Å²) in [6.45, 7) is 5.95. The molecule has 0 bridgehead atoms. The third-order valence-corrected chi connectivity index (χ3v) is 8.51. The van der Waals surface area contributed by atoms with E-state index in [9.17, 15) is 8.42 Å². The molecular formula is C25H34N2O3S. The predicted molar refractivity (Wildman–Crippen MR) is 124 cm³/mol. The summed E-state index contributed by atoms with van der Waals surface area (Å²) in [4.78, 5) is 0.374. The Morgan fingerprint density at radius 3 is 2.48 bits per heavy atom. The van der Waals surface area contributed by atoms with Gasteiger partial charge >= 0.3 is 0 Å². The van der Waals surface area contributed by atoms with Crippen molar-refractivity contribution in [1.29, 1.82) is 0 Å². The van der Waals surface area contributed by atoms with Crippen LogP contribution >= 0.6 is 0 Å². The van der Waals surface area contributed by atoms with Crippen molar-refractivity contribution in [1.82, 2.24) is 9.62 Å². The van der Waals surface area contributed by atoms with Crippen LogP contribution in [0.1, 0.15) is 51.0 Å². The number of unbranched alkanes of at least 4 members (excludes halogenated alkanes) is 1. The van der Waals surface area contributed by atoms with Gasteiger partial charge in [-0.05, 0) is 67.5 Å². The molecule has 31 heavy (non-hydrogen) atoms. The molecule has 2 fully saturated rings. The molecule has 0 aliphatic carbocycles. The fourth-order valence-corrected chi connectivity index (χ4v) is 6.11. The summed E-state index contributed by atoms with van der Waals surface area (Å²) in [5.41, 5.74) is 3.12. The van der Waals surface area contributed by atoms with E-state index in [0.29, 0.717) is 18.0 Å². The summed E-state index contributed by atoms with van der Waals surface area (Å²) >= 11 is 0. The molecule has 0 saturated carbocycles. The van der Waals surface area contributed by atoms with Gasteiger partial charge in [0.05, 0.1) is 10.5 Å². The van der Waals surface area contributed by atoms with Crippen molar-refractivity contribution >= 4 is 10.0 Å². The first kappa shape index (κ1) is 22.5. The normalized spacial score (nSPS) is 19.1. The second-order valence-corrected chi connectivity index (χ2v) is 10.7. The molecule has 2 aliphatic rings. The Morgan fingerprint density at radius 2 is 1.81 bits per heavy atom. The lowest BCUT2D eigenvalue weighted by Gasteiger charge is -2.37. The predicted octanol–water partition coefficient (Wildman–Crippen LogP) is 4.58. The summed E-state index contributed by atoms with van der Waals surface area (Å²) in [6, 6.07) is 15.7. The van der Waals surface area contributed by atoms with Crippen LogP contribution in [0.15, 0.2) is 53.4 Å². The number of ether oxygens (including phenoxy) is 1. The Bertz CT molecular complexity index is 957. The fourth-order valence-electron chi connectivity index (χ4n) is 4.62. The maximum Gasteiger partial charge on any atom is 0.243 e. The van der Waals surface area contributed by atoms with Crippen LogP contribution in [-0.4, -0.2) is 44.6 Å². The minimum Gasteiger partial charge on any atom is -0.375 e. The molecule has 0 amide bonds. The molecule has 0 radical (unpaired) electrons. The largest absolute Gasteiger partial charge is 0.375 e. The summed E-state index contributed by atoms with van der Waals surface area (Å²) in [6.07, 6.45) is 6.10. The lowest BCUT2D eigenvalue weighted by atomic mass is 9.90. The minimum atomic E-state index is -3.50. The van der Waals surface area contributed by atoms with Crippen LogP contribution in [0.2, 0.25) is 0 Å². The average molecular weight is 443 g/mol. The van der Waals surface area contributed by atoms with Crippen molar-refractivity contribution in [3.8, 4) is 11.1 Å². The first-order valence-electron chi connectivity index (χ1n) is 11.6. The third-order valence-electron chi connectivity index (χ3n) is 6.61. The zero-order valence-corrected chi connectivity index (χ0v) is 19.3. The highest BCUT2D eigenvalue weighted by atomic mass is 32.2.